The molecule has 1 aliphatic rings. The van der Waals surface area contributed by atoms with E-state index in [1.807, 2.05) is 30.3 Å². The highest BCUT2D eigenvalue weighted by atomic mass is 16.2. The number of hydrogen-bond donors (Lipinski definition) is 2. The molecule has 2 N–H and O–H groups in total. The molecule has 0 radical (unpaired) electrons. The standard InChI is InChI=1S/C14H21N3O/c18-14(13-7-3-1-4-8-13)16-15-9-12-17-10-5-2-6-11-17/h1,3-4,7-8,15H,2,5-6,9-12H2,(H,16,18). The summed E-state index contributed by atoms with van der Waals surface area (Å²) in [5.41, 5.74) is 6.40. The van der Waals surface area contributed by atoms with E-state index < -0.39 is 0 Å². The van der Waals surface area contributed by atoms with Gasteiger partial charge in [0.05, 0.1) is 0 Å². The molecule has 1 heterocycles. The molecular weight excluding hydrogens is 226 g/mol. The zero-order valence-corrected chi connectivity index (χ0v) is 10.7. The number of likely N-dealkylation sites (tertiary alicyclic amines) is 1. The van der Waals surface area contributed by atoms with Gasteiger partial charge < -0.3 is 4.90 Å². The van der Waals surface area contributed by atoms with Crippen LogP contribution in [0.1, 0.15) is 29.6 Å². The number of piperidine rings is 1. The summed E-state index contributed by atoms with van der Waals surface area (Å²) in [7, 11) is 0. The van der Waals surface area contributed by atoms with Gasteiger partial charge in [-0.3, -0.25) is 10.2 Å². The molecule has 0 spiro atoms. The number of rotatable bonds is 5. The lowest BCUT2D eigenvalue weighted by Gasteiger charge is -2.26. The Morgan fingerprint density at radius 2 is 1.83 bits per heavy atom. The Morgan fingerprint density at radius 1 is 1.11 bits per heavy atom. The Kier molecular flexibility index (Phi) is 5.17. The largest absolute Gasteiger partial charge is 0.302 e. The summed E-state index contributed by atoms with van der Waals surface area (Å²) in [6, 6.07) is 9.25. The first kappa shape index (κ1) is 13.1. The Labute approximate surface area is 108 Å². The van der Waals surface area contributed by atoms with Gasteiger partial charge in [0.2, 0.25) is 0 Å². The fraction of sp³-hybridized carbons (Fsp3) is 0.500. The summed E-state index contributed by atoms with van der Waals surface area (Å²) in [5.74, 6) is -0.0748. The first-order valence-electron chi connectivity index (χ1n) is 6.67. The van der Waals surface area contributed by atoms with E-state index in [0.717, 1.165) is 13.1 Å². The van der Waals surface area contributed by atoms with Crippen molar-refractivity contribution in [2.24, 2.45) is 0 Å². The van der Waals surface area contributed by atoms with Crippen molar-refractivity contribution < 1.29 is 4.79 Å². The van der Waals surface area contributed by atoms with Crippen LogP contribution in [-0.2, 0) is 0 Å². The second-order valence-corrected chi connectivity index (χ2v) is 4.65. The summed E-state index contributed by atoms with van der Waals surface area (Å²) < 4.78 is 0. The number of hydrogen-bond acceptors (Lipinski definition) is 3. The Bertz CT molecular complexity index is 361. The maximum absolute atomic E-state index is 11.7. The van der Waals surface area contributed by atoms with Crippen LogP contribution in [-0.4, -0.2) is 37.0 Å². The highest BCUT2D eigenvalue weighted by Crippen LogP contribution is 2.07. The molecule has 2 rings (SSSR count). The molecule has 0 bridgehead atoms. The number of carbonyl (C=O) groups is 1. The van der Waals surface area contributed by atoms with E-state index >= 15 is 0 Å². The fourth-order valence-electron chi connectivity index (χ4n) is 2.20. The average Bonchev–Trinajstić information content (AvgIpc) is 2.45. The normalized spacial score (nSPS) is 16.4. The number of benzene rings is 1. The van der Waals surface area contributed by atoms with Crippen LogP contribution in [0.25, 0.3) is 0 Å². The van der Waals surface area contributed by atoms with Crippen LogP contribution in [0.4, 0.5) is 0 Å². The van der Waals surface area contributed by atoms with Crippen molar-refractivity contribution in [2.75, 3.05) is 26.2 Å². The highest BCUT2D eigenvalue weighted by molar-refractivity contribution is 5.93. The van der Waals surface area contributed by atoms with Gasteiger partial charge in [-0.1, -0.05) is 24.6 Å². The lowest BCUT2D eigenvalue weighted by Crippen LogP contribution is -2.43. The maximum Gasteiger partial charge on any atom is 0.265 e. The molecule has 0 unspecified atom stereocenters. The van der Waals surface area contributed by atoms with Gasteiger partial charge >= 0.3 is 0 Å². The van der Waals surface area contributed by atoms with E-state index in [4.69, 9.17) is 0 Å². The first-order chi connectivity index (χ1) is 8.86. The second kappa shape index (κ2) is 7.13. The van der Waals surface area contributed by atoms with Crippen LogP contribution in [0.3, 0.4) is 0 Å². The van der Waals surface area contributed by atoms with Crippen molar-refractivity contribution in [3.05, 3.63) is 35.9 Å². The van der Waals surface area contributed by atoms with E-state index in [1.165, 1.54) is 32.4 Å². The Morgan fingerprint density at radius 3 is 2.56 bits per heavy atom. The predicted octanol–water partition coefficient (Wildman–Crippen LogP) is 1.41. The highest BCUT2D eigenvalue weighted by Gasteiger charge is 2.09. The monoisotopic (exact) mass is 247 g/mol. The summed E-state index contributed by atoms with van der Waals surface area (Å²) in [5, 5.41) is 0. The molecular formula is C14H21N3O. The Hall–Kier alpha value is -1.39. The van der Waals surface area contributed by atoms with E-state index in [2.05, 4.69) is 15.8 Å². The summed E-state index contributed by atoms with van der Waals surface area (Å²) in [6.07, 6.45) is 3.96. The van der Waals surface area contributed by atoms with Crippen LogP contribution in [0.15, 0.2) is 30.3 Å². The molecule has 1 aromatic carbocycles. The summed E-state index contributed by atoms with van der Waals surface area (Å²) >= 11 is 0. The fourth-order valence-corrected chi connectivity index (χ4v) is 2.20. The van der Waals surface area contributed by atoms with Gasteiger partial charge in [0, 0.05) is 18.7 Å². The number of hydrazine groups is 1. The molecule has 0 saturated carbocycles. The third-order valence-corrected chi connectivity index (χ3v) is 3.24. The molecule has 98 valence electrons. The van der Waals surface area contributed by atoms with Gasteiger partial charge in [0.25, 0.3) is 5.91 Å². The van der Waals surface area contributed by atoms with Crippen LogP contribution in [0.5, 0.6) is 0 Å². The van der Waals surface area contributed by atoms with E-state index in [9.17, 15) is 4.79 Å². The lowest BCUT2D eigenvalue weighted by atomic mass is 10.1. The first-order valence-corrected chi connectivity index (χ1v) is 6.67. The third kappa shape index (κ3) is 4.13. The molecule has 1 amide bonds. The summed E-state index contributed by atoms with van der Waals surface area (Å²) in [4.78, 5) is 14.1. The van der Waals surface area contributed by atoms with Crippen LogP contribution >= 0.6 is 0 Å². The van der Waals surface area contributed by atoms with Crippen molar-refractivity contribution in [1.82, 2.24) is 15.8 Å². The van der Waals surface area contributed by atoms with Crippen molar-refractivity contribution in [3.8, 4) is 0 Å². The van der Waals surface area contributed by atoms with Gasteiger partial charge in [0.15, 0.2) is 0 Å². The lowest BCUT2D eigenvalue weighted by molar-refractivity contribution is 0.0930. The summed E-state index contributed by atoms with van der Waals surface area (Å²) in [6.45, 7) is 4.16. The maximum atomic E-state index is 11.7. The number of nitrogens with zero attached hydrogens (tertiary/aromatic N) is 1. The number of amides is 1. The molecule has 4 nitrogen and oxygen atoms in total. The van der Waals surface area contributed by atoms with E-state index in [-0.39, 0.29) is 5.91 Å². The van der Waals surface area contributed by atoms with Gasteiger partial charge in [-0.2, -0.15) is 0 Å². The van der Waals surface area contributed by atoms with E-state index in [0.29, 0.717) is 5.56 Å². The van der Waals surface area contributed by atoms with Crippen molar-refractivity contribution >= 4 is 5.91 Å². The molecule has 0 atom stereocenters. The number of nitrogens with one attached hydrogen (secondary N) is 2. The smallest absolute Gasteiger partial charge is 0.265 e. The van der Waals surface area contributed by atoms with Gasteiger partial charge in [-0.15, -0.1) is 0 Å². The van der Waals surface area contributed by atoms with Crippen molar-refractivity contribution in [3.63, 3.8) is 0 Å². The number of carbonyl (C=O) groups excluding carboxylic acids is 1. The molecule has 1 fully saturated rings. The van der Waals surface area contributed by atoms with Crippen molar-refractivity contribution in [1.29, 1.82) is 0 Å². The van der Waals surface area contributed by atoms with Gasteiger partial charge in [-0.05, 0) is 38.1 Å². The van der Waals surface area contributed by atoms with Crippen LogP contribution < -0.4 is 10.9 Å². The zero-order chi connectivity index (χ0) is 12.6. The molecule has 0 aromatic heterocycles. The predicted molar refractivity (Wildman–Crippen MR) is 72.2 cm³/mol. The van der Waals surface area contributed by atoms with Crippen molar-refractivity contribution in [2.45, 2.75) is 19.3 Å². The van der Waals surface area contributed by atoms with Crippen LogP contribution in [0, 0.1) is 0 Å². The molecule has 4 heteroatoms. The molecule has 1 aliphatic heterocycles. The molecule has 1 aromatic rings. The average molecular weight is 247 g/mol. The molecule has 18 heavy (non-hydrogen) atoms. The van der Waals surface area contributed by atoms with Gasteiger partial charge in [-0.25, -0.2) is 5.43 Å². The van der Waals surface area contributed by atoms with Gasteiger partial charge in [0.1, 0.15) is 0 Å². The molecule has 0 aliphatic carbocycles. The third-order valence-electron chi connectivity index (χ3n) is 3.24. The SMILES string of the molecule is O=C(NNCCN1CCCCC1)c1ccccc1. The Balaban J connectivity index is 1.62. The zero-order valence-electron chi connectivity index (χ0n) is 10.7. The quantitative estimate of drug-likeness (QED) is 0.611. The van der Waals surface area contributed by atoms with Crippen LogP contribution in [0.2, 0.25) is 0 Å². The second-order valence-electron chi connectivity index (χ2n) is 4.65. The minimum atomic E-state index is -0.0748. The van der Waals surface area contributed by atoms with E-state index in [1.54, 1.807) is 0 Å². The molecule has 1 saturated heterocycles. The minimum absolute atomic E-state index is 0.0748. The minimum Gasteiger partial charge on any atom is -0.302 e. The topological polar surface area (TPSA) is 44.4 Å².